The van der Waals surface area contributed by atoms with Crippen LogP contribution in [0.3, 0.4) is 0 Å². The molecule has 0 unspecified atom stereocenters. The average Bonchev–Trinajstić information content (AvgIpc) is 3.11. The number of halogens is 1. The summed E-state index contributed by atoms with van der Waals surface area (Å²) < 4.78 is 5.40. The van der Waals surface area contributed by atoms with Crippen molar-refractivity contribution in [1.82, 2.24) is 20.8 Å². The van der Waals surface area contributed by atoms with Crippen molar-refractivity contribution in [2.45, 2.75) is 12.8 Å². The third-order valence-electron chi connectivity index (χ3n) is 4.77. The lowest BCUT2D eigenvalue weighted by molar-refractivity contribution is 0.0512. The number of aromatic amines is 1. The maximum absolute atomic E-state index is 12.7. The molecule has 0 saturated carbocycles. The predicted octanol–water partition coefficient (Wildman–Crippen LogP) is 2.48. The smallest absolute Gasteiger partial charge is 0.255 e. The number of hydrogen-bond acceptors (Lipinski definition) is 4. The lowest BCUT2D eigenvalue weighted by Crippen LogP contribution is -2.47. The summed E-state index contributed by atoms with van der Waals surface area (Å²) >= 11 is 6.25. The van der Waals surface area contributed by atoms with E-state index in [1.165, 1.54) is 0 Å². The zero-order chi connectivity index (χ0) is 17.7. The van der Waals surface area contributed by atoms with Crippen LogP contribution in [0.2, 0.25) is 5.02 Å². The Kier molecular flexibility index (Phi) is 5.73. The molecule has 2 aromatic rings. The van der Waals surface area contributed by atoms with E-state index in [0.717, 1.165) is 31.5 Å². The first kappa shape index (κ1) is 17.9. The highest BCUT2D eigenvalue weighted by atomic mass is 35.5. The van der Waals surface area contributed by atoms with E-state index in [9.17, 15) is 4.79 Å². The predicted molar refractivity (Wildman–Crippen MR) is 97.8 cm³/mol. The van der Waals surface area contributed by atoms with Crippen LogP contribution in [-0.2, 0) is 4.74 Å². The molecule has 0 radical (unpaired) electrons. The molecule has 2 heterocycles. The fraction of sp³-hybridized carbons (Fsp3) is 0.444. The van der Waals surface area contributed by atoms with Gasteiger partial charge in [-0.2, -0.15) is 5.10 Å². The van der Waals surface area contributed by atoms with Gasteiger partial charge in [-0.1, -0.05) is 29.8 Å². The van der Waals surface area contributed by atoms with Crippen LogP contribution < -0.4 is 10.6 Å². The molecule has 0 spiro atoms. The Hall–Kier alpha value is -1.89. The summed E-state index contributed by atoms with van der Waals surface area (Å²) in [6, 6.07) is 7.40. The molecule has 1 aromatic heterocycles. The van der Waals surface area contributed by atoms with Crippen LogP contribution >= 0.6 is 11.6 Å². The minimum atomic E-state index is -0.155. The highest BCUT2D eigenvalue weighted by Crippen LogP contribution is 2.30. The van der Waals surface area contributed by atoms with Crippen LogP contribution in [0.1, 0.15) is 23.2 Å². The molecular weight excluding hydrogens is 340 g/mol. The maximum atomic E-state index is 12.7. The number of rotatable bonds is 6. The lowest BCUT2D eigenvalue weighted by atomic mass is 9.79. The number of aromatic nitrogens is 2. The molecule has 0 aliphatic carbocycles. The molecule has 6 nitrogen and oxygen atoms in total. The van der Waals surface area contributed by atoms with Crippen molar-refractivity contribution in [3.63, 3.8) is 0 Å². The monoisotopic (exact) mass is 362 g/mol. The number of nitrogens with one attached hydrogen (secondary N) is 3. The van der Waals surface area contributed by atoms with Gasteiger partial charge in [-0.25, -0.2) is 0 Å². The van der Waals surface area contributed by atoms with E-state index in [2.05, 4.69) is 20.8 Å². The van der Waals surface area contributed by atoms with E-state index >= 15 is 0 Å². The molecule has 1 aliphatic heterocycles. The minimum absolute atomic E-state index is 0.0239. The first-order valence-corrected chi connectivity index (χ1v) is 8.79. The Labute approximate surface area is 152 Å². The second-order valence-electron chi connectivity index (χ2n) is 6.50. The highest BCUT2D eigenvalue weighted by molar-refractivity contribution is 6.33. The molecule has 134 valence electrons. The molecule has 0 bridgehead atoms. The number of ether oxygens (including phenoxy) is 1. The van der Waals surface area contributed by atoms with Crippen LogP contribution in [0.15, 0.2) is 30.5 Å². The zero-order valence-corrected chi connectivity index (χ0v) is 15.0. The van der Waals surface area contributed by atoms with Gasteiger partial charge in [0.2, 0.25) is 0 Å². The zero-order valence-electron chi connectivity index (χ0n) is 14.3. The minimum Gasteiger partial charge on any atom is -0.384 e. The van der Waals surface area contributed by atoms with Crippen molar-refractivity contribution < 1.29 is 9.53 Å². The van der Waals surface area contributed by atoms with Crippen LogP contribution in [0, 0.1) is 5.41 Å². The second kappa shape index (κ2) is 7.99. The Bertz CT molecular complexity index is 720. The Morgan fingerprint density at radius 1 is 1.36 bits per heavy atom. The van der Waals surface area contributed by atoms with Crippen LogP contribution in [0.25, 0.3) is 11.3 Å². The summed E-state index contributed by atoms with van der Waals surface area (Å²) in [5, 5.41) is 13.9. The molecule has 1 fully saturated rings. The SMILES string of the molecule is COCC1(CNC(=O)c2cn[nH]c2-c2ccccc2Cl)CCNCC1. The normalized spacial score (nSPS) is 16.6. The van der Waals surface area contributed by atoms with Gasteiger partial charge in [0.1, 0.15) is 0 Å². The number of carbonyl (C=O) groups is 1. The number of methoxy groups -OCH3 is 1. The Balaban J connectivity index is 1.74. The van der Waals surface area contributed by atoms with Gasteiger partial charge in [0.15, 0.2) is 0 Å². The van der Waals surface area contributed by atoms with E-state index in [1.807, 2.05) is 18.2 Å². The molecule has 1 aliphatic rings. The van der Waals surface area contributed by atoms with Gasteiger partial charge >= 0.3 is 0 Å². The number of benzene rings is 1. The topological polar surface area (TPSA) is 79.0 Å². The van der Waals surface area contributed by atoms with Gasteiger partial charge in [0, 0.05) is 29.7 Å². The largest absolute Gasteiger partial charge is 0.384 e. The molecule has 1 aromatic carbocycles. The van der Waals surface area contributed by atoms with E-state index in [0.29, 0.717) is 29.4 Å². The van der Waals surface area contributed by atoms with Gasteiger partial charge in [-0.3, -0.25) is 9.89 Å². The van der Waals surface area contributed by atoms with Crippen molar-refractivity contribution >= 4 is 17.5 Å². The molecule has 7 heteroatoms. The lowest BCUT2D eigenvalue weighted by Gasteiger charge is -2.37. The van der Waals surface area contributed by atoms with Gasteiger partial charge in [0.25, 0.3) is 5.91 Å². The summed E-state index contributed by atoms with van der Waals surface area (Å²) in [6.45, 7) is 3.10. The van der Waals surface area contributed by atoms with Gasteiger partial charge in [-0.15, -0.1) is 0 Å². The van der Waals surface area contributed by atoms with Crippen molar-refractivity contribution in [2.75, 3.05) is 33.4 Å². The van der Waals surface area contributed by atoms with Crippen molar-refractivity contribution in [2.24, 2.45) is 5.41 Å². The molecule has 25 heavy (non-hydrogen) atoms. The van der Waals surface area contributed by atoms with Crippen LogP contribution in [0.5, 0.6) is 0 Å². The quantitative estimate of drug-likeness (QED) is 0.737. The molecule has 3 N–H and O–H groups in total. The van der Waals surface area contributed by atoms with Crippen LogP contribution in [-0.4, -0.2) is 49.5 Å². The summed E-state index contributed by atoms with van der Waals surface area (Å²) in [6.07, 6.45) is 3.49. The number of carbonyl (C=O) groups excluding carboxylic acids is 1. The first-order valence-electron chi connectivity index (χ1n) is 8.41. The van der Waals surface area contributed by atoms with Crippen LogP contribution in [0.4, 0.5) is 0 Å². The van der Waals surface area contributed by atoms with Crippen molar-refractivity contribution in [3.05, 3.63) is 41.0 Å². The molecule has 0 atom stereocenters. The Morgan fingerprint density at radius 2 is 2.12 bits per heavy atom. The van der Waals surface area contributed by atoms with E-state index in [-0.39, 0.29) is 11.3 Å². The fourth-order valence-corrected chi connectivity index (χ4v) is 3.56. The standard InChI is InChI=1S/C18H23ClN4O2/c1-25-12-18(6-8-20-9-7-18)11-21-17(24)14-10-22-23-16(14)13-4-2-3-5-15(13)19/h2-5,10,20H,6-9,11-12H2,1H3,(H,21,24)(H,22,23). The maximum Gasteiger partial charge on any atom is 0.255 e. The van der Waals surface area contributed by atoms with Crippen molar-refractivity contribution in [1.29, 1.82) is 0 Å². The summed E-state index contributed by atoms with van der Waals surface area (Å²) in [5.41, 5.74) is 1.87. The first-order chi connectivity index (χ1) is 12.2. The molecule has 3 rings (SSSR count). The third-order valence-corrected chi connectivity index (χ3v) is 5.10. The summed E-state index contributed by atoms with van der Waals surface area (Å²) in [5.74, 6) is -0.155. The number of nitrogens with zero attached hydrogens (tertiary/aromatic N) is 1. The molecule has 1 saturated heterocycles. The average molecular weight is 363 g/mol. The van der Waals surface area contributed by atoms with Gasteiger partial charge in [0.05, 0.1) is 24.1 Å². The summed E-state index contributed by atoms with van der Waals surface area (Å²) in [4.78, 5) is 12.7. The van der Waals surface area contributed by atoms with Gasteiger partial charge < -0.3 is 15.4 Å². The van der Waals surface area contributed by atoms with Gasteiger partial charge in [-0.05, 0) is 32.0 Å². The molecular formula is C18H23ClN4O2. The second-order valence-corrected chi connectivity index (χ2v) is 6.91. The number of H-pyrrole nitrogens is 1. The van der Waals surface area contributed by atoms with Crippen molar-refractivity contribution in [3.8, 4) is 11.3 Å². The number of amides is 1. The number of piperidine rings is 1. The fourth-order valence-electron chi connectivity index (χ4n) is 3.33. The third kappa shape index (κ3) is 4.03. The Morgan fingerprint density at radius 3 is 2.84 bits per heavy atom. The molecule has 1 amide bonds. The number of hydrogen-bond donors (Lipinski definition) is 3. The van der Waals surface area contributed by atoms with E-state index in [1.54, 1.807) is 19.4 Å². The summed E-state index contributed by atoms with van der Waals surface area (Å²) in [7, 11) is 1.71. The van der Waals surface area contributed by atoms with E-state index < -0.39 is 0 Å². The highest BCUT2D eigenvalue weighted by Gasteiger charge is 2.33. The van der Waals surface area contributed by atoms with E-state index in [4.69, 9.17) is 16.3 Å².